The smallest absolute Gasteiger partial charge is 0.335 e. The number of ether oxygens (including phenoxy) is 1. The van der Waals surface area contributed by atoms with E-state index in [9.17, 15) is 9.90 Å². The molecule has 34 heavy (non-hydrogen) atoms. The van der Waals surface area contributed by atoms with Crippen LogP contribution in [0.3, 0.4) is 0 Å². The molecule has 1 fully saturated rings. The van der Waals surface area contributed by atoms with Crippen molar-refractivity contribution in [3.8, 4) is 17.3 Å². The van der Waals surface area contributed by atoms with Gasteiger partial charge in [0.1, 0.15) is 11.3 Å². The van der Waals surface area contributed by atoms with Gasteiger partial charge in [0.15, 0.2) is 5.82 Å². The molecule has 0 unspecified atom stereocenters. The maximum atomic E-state index is 11.8. The van der Waals surface area contributed by atoms with Gasteiger partial charge in [0.05, 0.1) is 36.6 Å². The molecular weight excluding hydrogens is 430 g/mol. The Bertz CT molecular complexity index is 1550. The van der Waals surface area contributed by atoms with Crippen LogP contribution < -0.4 is 4.74 Å². The standard InChI is InChI=1S/C26H25N5O3/c1-29-13-17(12-27-29)15-31-24-20(9-19(26(32)33)11-23(24)34-2)28-25(31)22-10-18-5-3-4-6-21(18)30(22)14-16-7-8-16/h3-6,9-13,16H,7-8,14-15H2,1-2H3,(H,32,33). The molecule has 172 valence electrons. The number of methoxy groups -OCH3 is 1. The van der Waals surface area contributed by atoms with Crippen LogP contribution in [0, 0.1) is 5.92 Å². The topological polar surface area (TPSA) is 87.1 Å². The molecular formula is C26H25N5O3. The Morgan fingerprint density at radius 2 is 2.00 bits per heavy atom. The molecule has 3 aromatic heterocycles. The van der Waals surface area contributed by atoms with E-state index in [1.165, 1.54) is 18.4 Å². The molecule has 8 heteroatoms. The Balaban J connectivity index is 1.64. The van der Waals surface area contributed by atoms with Gasteiger partial charge in [-0.2, -0.15) is 5.10 Å². The second-order valence-electron chi connectivity index (χ2n) is 9.04. The largest absolute Gasteiger partial charge is 0.494 e. The van der Waals surface area contributed by atoms with Crippen LogP contribution >= 0.6 is 0 Å². The van der Waals surface area contributed by atoms with Gasteiger partial charge in [-0.25, -0.2) is 9.78 Å². The molecule has 1 saturated carbocycles. The number of para-hydroxylation sites is 1. The lowest BCUT2D eigenvalue weighted by Gasteiger charge is -2.13. The molecule has 6 rings (SSSR count). The third-order valence-corrected chi connectivity index (χ3v) is 6.55. The number of hydrogen-bond donors (Lipinski definition) is 1. The maximum Gasteiger partial charge on any atom is 0.335 e. The minimum absolute atomic E-state index is 0.153. The Kier molecular flexibility index (Phi) is 4.69. The predicted molar refractivity (Wildman–Crippen MR) is 129 cm³/mol. The monoisotopic (exact) mass is 455 g/mol. The van der Waals surface area contributed by atoms with Crippen molar-refractivity contribution in [1.82, 2.24) is 23.9 Å². The zero-order valence-corrected chi connectivity index (χ0v) is 19.1. The number of aryl methyl sites for hydroxylation is 1. The van der Waals surface area contributed by atoms with Crippen molar-refractivity contribution in [3.05, 3.63) is 66.0 Å². The number of carbonyl (C=O) groups is 1. The first kappa shape index (κ1) is 20.5. The van der Waals surface area contributed by atoms with E-state index in [0.29, 0.717) is 23.7 Å². The number of rotatable bonds is 7. The summed E-state index contributed by atoms with van der Waals surface area (Å²) >= 11 is 0. The van der Waals surface area contributed by atoms with Crippen molar-refractivity contribution in [2.75, 3.05) is 7.11 Å². The summed E-state index contributed by atoms with van der Waals surface area (Å²) in [6, 6.07) is 13.8. The number of nitrogens with zero attached hydrogens (tertiary/aromatic N) is 5. The normalized spacial score (nSPS) is 13.7. The fourth-order valence-electron chi connectivity index (χ4n) is 4.75. The molecule has 1 aliphatic rings. The van der Waals surface area contributed by atoms with E-state index >= 15 is 0 Å². The number of hydrogen-bond acceptors (Lipinski definition) is 4. The highest BCUT2D eigenvalue weighted by atomic mass is 16.5. The fraction of sp³-hybridized carbons (Fsp3) is 0.269. The molecule has 2 aromatic carbocycles. The van der Waals surface area contributed by atoms with Gasteiger partial charge in [0.25, 0.3) is 0 Å². The summed E-state index contributed by atoms with van der Waals surface area (Å²) in [6.07, 6.45) is 6.31. The van der Waals surface area contributed by atoms with Crippen molar-refractivity contribution in [2.45, 2.75) is 25.9 Å². The Hall–Kier alpha value is -4.07. The second-order valence-corrected chi connectivity index (χ2v) is 9.04. The minimum Gasteiger partial charge on any atom is -0.494 e. The summed E-state index contributed by atoms with van der Waals surface area (Å²) in [5, 5.41) is 15.1. The predicted octanol–water partition coefficient (Wildman–Crippen LogP) is 4.56. The zero-order valence-electron chi connectivity index (χ0n) is 19.1. The molecule has 3 heterocycles. The Morgan fingerprint density at radius 1 is 1.18 bits per heavy atom. The summed E-state index contributed by atoms with van der Waals surface area (Å²) in [5.41, 5.74) is 4.75. The average molecular weight is 456 g/mol. The van der Waals surface area contributed by atoms with Crippen LogP contribution in [0.25, 0.3) is 33.5 Å². The van der Waals surface area contributed by atoms with Crippen LogP contribution in [0.2, 0.25) is 0 Å². The first-order valence-electron chi connectivity index (χ1n) is 11.4. The Labute approximate surface area is 196 Å². The van der Waals surface area contributed by atoms with E-state index < -0.39 is 5.97 Å². The van der Waals surface area contributed by atoms with E-state index in [4.69, 9.17) is 9.72 Å². The van der Waals surface area contributed by atoms with Gasteiger partial charge < -0.3 is 19.0 Å². The summed E-state index contributed by atoms with van der Waals surface area (Å²) in [6.45, 7) is 1.48. The molecule has 5 aromatic rings. The zero-order chi connectivity index (χ0) is 23.4. The van der Waals surface area contributed by atoms with Gasteiger partial charge in [-0.05, 0) is 43.0 Å². The van der Waals surface area contributed by atoms with Crippen LogP contribution in [-0.2, 0) is 20.1 Å². The highest BCUT2D eigenvalue weighted by Crippen LogP contribution is 2.38. The summed E-state index contributed by atoms with van der Waals surface area (Å²) < 4.78 is 11.9. The quantitative estimate of drug-likeness (QED) is 0.389. The van der Waals surface area contributed by atoms with Gasteiger partial charge >= 0.3 is 5.97 Å². The molecule has 0 radical (unpaired) electrons. The highest BCUT2D eigenvalue weighted by molar-refractivity contribution is 5.97. The number of imidazole rings is 1. The molecule has 8 nitrogen and oxygen atoms in total. The number of aromatic nitrogens is 5. The molecule has 1 aliphatic carbocycles. The number of fused-ring (bicyclic) bond motifs is 2. The fourth-order valence-corrected chi connectivity index (χ4v) is 4.75. The van der Waals surface area contributed by atoms with E-state index in [0.717, 1.165) is 34.5 Å². The van der Waals surface area contributed by atoms with E-state index in [1.54, 1.807) is 23.9 Å². The van der Waals surface area contributed by atoms with Gasteiger partial charge in [-0.15, -0.1) is 0 Å². The summed E-state index contributed by atoms with van der Waals surface area (Å²) in [4.78, 5) is 16.8. The molecule has 0 atom stereocenters. The lowest BCUT2D eigenvalue weighted by atomic mass is 10.2. The number of carboxylic acids is 1. The Morgan fingerprint density at radius 3 is 2.71 bits per heavy atom. The van der Waals surface area contributed by atoms with Gasteiger partial charge in [-0.3, -0.25) is 4.68 Å². The van der Waals surface area contributed by atoms with E-state index in [-0.39, 0.29) is 5.56 Å². The van der Waals surface area contributed by atoms with Crippen molar-refractivity contribution >= 4 is 27.9 Å². The van der Waals surface area contributed by atoms with Crippen molar-refractivity contribution in [1.29, 1.82) is 0 Å². The number of benzene rings is 2. The summed E-state index contributed by atoms with van der Waals surface area (Å²) in [7, 11) is 3.45. The highest BCUT2D eigenvalue weighted by Gasteiger charge is 2.27. The van der Waals surface area contributed by atoms with Crippen LogP contribution in [0.15, 0.2) is 54.9 Å². The van der Waals surface area contributed by atoms with Crippen LogP contribution in [0.5, 0.6) is 5.75 Å². The second kappa shape index (κ2) is 7.76. The first-order valence-corrected chi connectivity index (χ1v) is 11.4. The number of carboxylic acid groups (broad SMARTS) is 1. The van der Waals surface area contributed by atoms with Gasteiger partial charge in [0, 0.05) is 36.3 Å². The number of aromatic carboxylic acids is 1. The van der Waals surface area contributed by atoms with Gasteiger partial charge in [0.2, 0.25) is 0 Å². The molecule has 1 N–H and O–H groups in total. The van der Waals surface area contributed by atoms with Gasteiger partial charge in [-0.1, -0.05) is 18.2 Å². The molecule has 0 aliphatic heterocycles. The minimum atomic E-state index is -1.01. The molecule has 0 amide bonds. The molecule has 0 saturated heterocycles. The van der Waals surface area contributed by atoms with Crippen LogP contribution in [0.4, 0.5) is 0 Å². The molecule has 0 bridgehead atoms. The van der Waals surface area contributed by atoms with Crippen LogP contribution in [0.1, 0.15) is 28.8 Å². The van der Waals surface area contributed by atoms with E-state index in [2.05, 4.69) is 38.5 Å². The lowest BCUT2D eigenvalue weighted by molar-refractivity contribution is 0.0696. The summed E-state index contributed by atoms with van der Waals surface area (Å²) in [5.74, 6) is 0.948. The van der Waals surface area contributed by atoms with Crippen LogP contribution in [-0.4, -0.2) is 42.1 Å². The average Bonchev–Trinajstić information content (AvgIpc) is 3.28. The van der Waals surface area contributed by atoms with Crippen molar-refractivity contribution in [3.63, 3.8) is 0 Å². The lowest BCUT2D eigenvalue weighted by Crippen LogP contribution is -2.08. The first-order chi connectivity index (χ1) is 16.5. The molecule has 0 spiro atoms. The maximum absolute atomic E-state index is 11.8. The third kappa shape index (κ3) is 3.42. The SMILES string of the molecule is COc1cc(C(=O)O)cc2nc(-c3cc4ccccc4n3CC3CC3)n(Cc3cnn(C)c3)c12. The van der Waals surface area contributed by atoms with E-state index in [1.807, 2.05) is 25.5 Å². The van der Waals surface area contributed by atoms with Crippen molar-refractivity contribution in [2.24, 2.45) is 13.0 Å². The van der Waals surface area contributed by atoms with Crippen molar-refractivity contribution < 1.29 is 14.6 Å². The third-order valence-electron chi connectivity index (χ3n) is 6.55.